The summed E-state index contributed by atoms with van der Waals surface area (Å²) in [6, 6.07) is 6.80. The topological polar surface area (TPSA) is 195 Å². The van der Waals surface area contributed by atoms with Gasteiger partial charge in [-0.05, 0) is 0 Å². The number of aromatic amines is 1. The molecule has 308 valence electrons. The maximum atomic E-state index is 13.6. The number of carbonyl (C=O) groups excluding carboxylic acids is 3. The van der Waals surface area contributed by atoms with Gasteiger partial charge in [-0.25, -0.2) is 4.79 Å². The number of esters is 3. The van der Waals surface area contributed by atoms with Gasteiger partial charge in [0.1, 0.15) is 0 Å². The van der Waals surface area contributed by atoms with Gasteiger partial charge in [-0.15, -0.1) is 0 Å². The number of ether oxygens (including phenoxy) is 3. The fraction of sp³-hybridized carbons (Fsp3) is 0.364. The number of nitro groups is 1. The molecule has 4 aliphatic heterocycles. The van der Waals surface area contributed by atoms with E-state index in [4.69, 9.17) is 29.2 Å². The summed E-state index contributed by atoms with van der Waals surface area (Å²) in [7, 11) is 3.87. The zero-order chi connectivity index (χ0) is 42.7. The Morgan fingerprint density at radius 3 is 2.29 bits per heavy atom. The number of hydrogen-bond donors (Lipinski definition) is 2. The summed E-state index contributed by atoms with van der Waals surface area (Å²) in [5.41, 5.74) is 9.60. The van der Waals surface area contributed by atoms with Crippen LogP contribution in [0, 0.1) is 28.9 Å². The molecule has 59 heavy (non-hydrogen) atoms. The quantitative estimate of drug-likeness (QED) is 0.0566. The standard InChI is InChI=1S/C44H47N5O9Se/c1-9-26-22(2)31-19-34-27(16-17-59-36-13-11-10-12-35(36)49(54)55)23(3)40(47-34)30(21-50)41-24(4)28(14-15-37(51)56-6)42(48-41)29(18-38(52)57-7)43-39(44(53)58-8)25(5)32(46-43)20-33(26)45-31/h10-13,19-21,24,28,45,50H,9,14-18H2,1-8H3/b30-21-,32-20?,34-19?,42-29?/t24-,28-/m0/s1. The molecule has 1 aromatic carbocycles. The second-order valence-electron chi connectivity index (χ2n) is 14.5. The molecule has 2 atom stereocenters. The minimum atomic E-state index is -0.644. The van der Waals surface area contributed by atoms with E-state index in [0.717, 1.165) is 39.9 Å². The Morgan fingerprint density at radius 2 is 1.63 bits per heavy atom. The van der Waals surface area contributed by atoms with E-state index in [0.29, 0.717) is 67.9 Å². The molecule has 15 heteroatoms. The molecular weight excluding hydrogens is 821 g/mol. The number of aliphatic hydroxyl groups excluding tert-OH is 1. The van der Waals surface area contributed by atoms with E-state index in [-0.39, 0.29) is 56.1 Å². The first-order chi connectivity index (χ1) is 28.3. The number of allylic oxidation sites excluding steroid dienone is 5. The zero-order valence-electron chi connectivity index (χ0n) is 34.3. The molecule has 8 bridgehead atoms. The van der Waals surface area contributed by atoms with Gasteiger partial charge in [-0.2, -0.15) is 0 Å². The third-order valence-electron chi connectivity index (χ3n) is 11.3. The summed E-state index contributed by atoms with van der Waals surface area (Å²) in [4.78, 5) is 69.9. The van der Waals surface area contributed by atoms with E-state index in [1.54, 1.807) is 19.1 Å². The van der Waals surface area contributed by atoms with Crippen LogP contribution in [0.25, 0.3) is 12.2 Å². The predicted molar refractivity (Wildman–Crippen MR) is 227 cm³/mol. The summed E-state index contributed by atoms with van der Waals surface area (Å²) in [6.45, 7) is 9.73. The molecule has 0 radical (unpaired) electrons. The van der Waals surface area contributed by atoms with Crippen LogP contribution in [0.15, 0.2) is 96.0 Å². The number of benzene rings is 1. The Labute approximate surface area is 348 Å². The monoisotopic (exact) mass is 869 g/mol. The molecule has 0 fully saturated rings. The zero-order valence-corrected chi connectivity index (χ0v) is 36.1. The van der Waals surface area contributed by atoms with Crippen LogP contribution in [0.2, 0.25) is 5.32 Å². The van der Waals surface area contributed by atoms with Gasteiger partial charge in [-0.3, -0.25) is 9.59 Å². The average Bonchev–Trinajstić information content (AvgIpc) is 3.92. The maximum absolute atomic E-state index is 13.6. The molecule has 0 aliphatic carbocycles. The van der Waals surface area contributed by atoms with Crippen LogP contribution < -0.4 is 4.46 Å². The molecule has 0 unspecified atom stereocenters. The minimum absolute atomic E-state index is 0.0319. The molecular formula is C44H47N5O9Se. The van der Waals surface area contributed by atoms with E-state index < -0.39 is 29.7 Å². The number of carbonyl (C=O) groups is 3. The molecule has 0 saturated carbocycles. The summed E-state index contributed by atoms with van der Waals surface area (Å²) in [6.07, 6.45) is 6.10. The van der Waals surface area contributed by atoms with Crippen molar-refractivity contribution < 1.29 is 38.6 Å². The Bertz CT molecular complexity index is 2440. The average molecular weight is 869 g/mol. The van der Waals surface area contributed by atoms with E-state index in [2.05, 4.69) is 11.9 Å². The summed E-state index contributed by atoms with van der Waals surface area (Å²) >= 11 is -0.228. The third-order valence-corrected chi connectivity index (χ3v) is 13.6. The van der Waals surface area contributed by atoms with E-state index in [1.807, 2.05) is 39.0 Å². The summed E-state index contributed by atoms with van der Waals surface area (Å²) in [5.74, 6) is -2.58. The SMILES string of the molecule is CCc1c2[nH]c(c1C)C=C1N=C(C(C)=C1CC[Se]c1ccccc1[N+](=O)[O-])/C(=C/O)C1=NC(=C(CC(=O)OC)C3=NC(=C2)C(C)=C3C(=O)OC)[C@@H](CCC(=O)OC)[C@@H]1C. The summed E-state index contributed by atoms with van der Waals surface area (Å²) in [5, 5.41) is 23.6. The van der Waals surface area contributed by atoms with Gasteiger partial charge < -0.3 is 14.2 Å². The van der Waals surface area contributed by atoms with Gasteiger partial charge in [0.05, 0.1) is 21.3 Å². The Hall–Kier alpha value is -5.92. The van der Waals surface area contributed by atoms with Gasteiger partial charge in [0, 0.05) is 0 Å². The molecule has 2 aromatic rings. The summed E-state index contributed by atoms with van der Waals surface area (Å²) < 4.78 is 16.2. The number of aliphatic imine (C=N–C) groups is 3. The molecule has 1 aromatic heterocycles. The Balaban J connectivity index is 1.62. The van der Waals surface area contributed by atoms with Crippen LogP contribution in [0.3, 0.4) is 0 Å². The molecule has 5 heterocycles. The molecule has 2 N–H and O–H groups in total. The molecule has 0 saturated heterocycles. The molecule has 0 amide bonds. The number of H-pyrrole nitrogens is 1. The van der Waals surface area contributed by atoms with Crippen LogP contribution in [-0.2, 0) is 35.0 Å². The first-order valence-electron chi connectivity index (χ1n) is 19.3. The molecule has 4 aliphatic rings. The van der Waals surface area contributed by atoms with E-state index in [9.17, 15) is 29.6 Å². The van der Waals surface area contributed by atoms with Crippen molar-refractivity contribution in [1.29, 1.82) is 0 Å². The number of fused-ring (bicyclic) bond motifs is 5. The second-order valence-corrected chi connectivity index (χ2v) is 16.9. The Kier molecular flexibility index (Phi) is 13.0. The van der Waals surface area contributed by atoms with E-state index in [1.165, 1.54) is 27.4 Å². The first kappa shape index (κ1) is 42.7. The van der Waals surface area contributed by atoms with Crippen LogP contribution in [-0.4, -0.2) is 86.3 Å². The number of rotatable bonds is 12. The van der Waals surface area contributed by atoms with Crippen molar-refractivity contribution in [3.05, 3.63) is 114 Å². The van der Waals surface area contributed by atoms with Crippen molar-refractivity contribution in [2.75, 3.05) is 21.3 Å². The number of methoxy groups -OCH3 is 3. The van der Waals surface area contributed by atoms with Crippen molar-refractivity contribution in [3.63, 3.8) is 0 Å². The third kappa shape index (κ3) is 8.22. The number of nitrogens with one attached hydrogen (secondary N) is 1. The molecule has 6 rings (SSSR count). The fourth-order valence-corrected chi connectivity index (χ4v) is 10.2. The van der Waals surface area contributed by atoms with Gasteiger partial charge in [-0.1, -0.05) is 0 Å². The second kappa shape index (κ2) is 17.9. The van der Waals surface area contributed by atoms with Gasteiger partial charge in [0.2, 0.25) is 0 Å². The first-order valence-corrected chi connectivity index (χ1v) is 21.3. The van der Waals surface area contributed by atoms with Crippen LogP contribution in [0.5, 0.6) is 0 Å². The van der Waals surface area contributed by atoms with Crippen LogP contribution >= 0.6 is 0 Å². The molecule has 0 spiro atoms. The number of nitrogens with zero attached hydrogens (tertiary/aromatic N) is 4. The van der Waals surface area contributed by atoms with Crippen molar-refractivity contribution >= 4 is 72.3 Å². The van der Waals surface area contributed by atoms with Crippen LogP contribution in [0.1, 0.15) is 75.9 Å². The number of aromatic nitrogens is 1. The predicted octanol–water partition coefficient (Wildman–Crippen LogP) is 6.96. The van der Waals surface area contributed by atoms with E-state index >= 15 is 0 Å². The number of nitro benzene ring substituents is 1. The number of para-hydroxylation sites is 1. The van der Waals surface area contributed by atoms with Gasteiger partial charge in [0.15, 0.2) is 0 Å². The van der Waals surface area contributed by atoms with Crippen molar-refractivity contribution in [2.24, 2.45) is 26.8 Å². The number of aliphatic hydroxyl groups is 1. The van der Waals surface area contributed by atoms with Crippen molar-refractivity contribution in [1.82, 2.24) is 4.98 Å². The van der Waals surface area contributed by atoms with Gasteiger partial charge in [0.25, 0.3) is 0 Å². The molecule has 14 nitrogen and oxygen atoms in total. The normalized spacial score (nSPS) is 19.4. The number of hydrogen-bond acceptors (Lipinski definition) is 12. The Morgan fingerprint density at radius 1 is 0.932 bits per heavy atom. The van der Waals surface area contributed by atoms with Crippen LogP contribution in [0.4, 0.5) is 5.69 Å². The van der Waals surface area contributed by atoms with Crippen molar-refractivity contribution in [2.45, 2.75) is 72.0 Å². The fourth-order valence-electron chi connectivity index (χ4n) is 8.11. The van der Waals surface area contributed by atoms with Gasteiger partial charge >= 0.3 is 300 Å². The van der Waals surface area contributed by atoms with Crippen molar-refractivity contribution in [3.8, 4) is 0 Å².